The summed E-state index contributed by atoms with van der Waals surface area (Å²) in [6, 6.07) is 0. The molecule has 18 heavy (non-hydrogen) atoms. The molecule has 2 N–H and O–H groups in total. The Bertz CT molecular complexity index is 310. The Kier molecular flexibility index (Phi) is 5.14. The van der Waals surface area contributed by atoms with Gasteiger partial charge in [0.25, 0.3) is 0 Å². The minimum Gasteiger partial charge on any atom is -0.444 e. The second kappa shape index (κ2) is 6.18. The number of nitrogens with two attached hydrogens (primary N) is 1. The fourth-order valence-corrected chi connectivity index (χ4v) is 2.07. The van der Waals surface area contributed by atoms with E-state index in [1.54, 1.807) is 0 Å². The van der Waals surface area contributed by atoms with Crippen molar-refractivity contribution >= 4 is 11.9 Å². The highest BCUT2D eigenvalue weighted by atomic mass is 16.6. The number of ether oxygens (including phenoxy) is 1. The molecule has 0 spiro atoms. The van der Waals surface area contributed by atoms with Gasteiger partial charge < -0.3 is 15.4 Å². The highest BCUT2D eigenvalue weighted by Gasteiger charge is 2.29. The van der Waals surface area contributed by atoms with Crippen LogP contribution in [0.4, 0.5) is 4.79 Å². The summed E-state index contributed by atoms with van der Waals surface area (Å²) >= 11 is 0. The minimum absolute atomic E-state index is 0.00226. The molecule has 5 nitrogen and oxygen atoms in total. The van der Waals surface area contributed by atoms with Crippen molar-refractivity contribution in [3.05, 3.63) is 0 Å². The van der Waals surface area contributed by atoms with E-state index >= 15 is 0 Å². The summed E-state index contributed by atoms with van der Waals surface area (Å²) in [6.45, 7) is 6.72. The third-order valence-corrected chi connectivity index (χ3v) is 2.95. The summed E-state index contributed by atoms with van der Waals surface area (Å²) in [5.41, 5.74) is 4.97. The Labute approximate surface area is 109 Å². The normalized spacial score (nSPS) is 21.7. The van der Waals surface area contributed by atoms with E-state index in [0.717, 1.165) is 12.8 Å². The van der Waals surface area contributed by atoms with Crippen LogP contribution in [0.2, 0.25) is 0 Å². The number of nitrogens with zero attached hydrogens (tertiary/aromatic N) is 1. The first-order valence-corrected chi connectivity index (χ1v) is 6.54. The third kappa shape index (κ3) is 4.64. The number of rotatable bonds is 2. The van der Waals surface area contributed by atoms with Gasteiger partial charge in [-0.25, -0.2) is 4.79 Å². The fraction of sp³-hybridized carbons (Fsp3) is 0.846. The lowest BCUT2D eigenvalue weighted by molar-refractivity contribution is -0.123. The first-order chi connectivity index (χ1) is 8.33. The summed E-state index contributed by atoms with van der Waals surface area (Å²) in [5.74, 6) is 0.103. The number of ketones is 1. The van der Waals surface area contributed by atoms with Crippen LogP contribution in [0, 0.1) is 5.92 Å². The van der Waals surface area contributed by atoms with E-state index in [2.05, 4.69) is 0 Å². The Morgan fingerprint density at radius 3 is 2.72 bits per heavy atom. The van der Waals surface area contributed by atoms with Crippen LogP contribution in [0.3, 0.4) is 0 Å². The summed E-state index contributed by atoms with van der Waals surface area (Å²) < 4.78 is 5.29. The van der Waals surface area contributed by atoms with E-state index in [9.17, 15) is 9.59 Å². The lowest BCUT2D eigenvalue weighted by Gasteiger charge is -2.26. The molecule has 1 amide bonds. The van der Waals surface area contributed by atoms with Gasteiger partial charge in [0.05, 0.1) is 6.54 Å². The highest BCUT2D eigenvalue weighted by Crippen LogP contribution is 2.19. The van der Waals surface area contributed by atoms with Crippen LogP contribution in [-0.2, 0) is 9.53 Å². The number of carbonyl (C=O) groups excluding carboxylic acids is 2. The largest absolute Gasteiger partial charge is 0.444 e. The molecule has 0 aromatic rings. The molecule has 1 unspecified atom stereocenters. The predicted octanol–water partition coefficient (Wildman–Crippen LogP) is 1.55. The van der Waals surface area contributed by atoms with Crippen LogP contribution >= 0.6 is 0 Å². The van der Waals surface area contributed by atoms with Crippen molar-refractivity contribution in [1.82, 2.24) is 4.90 Å². The van der Waals surface area contributed by atoms with Gasteiger partial charge in [-0.2, -0.15) is 0 Å². The van der Waals surface area contributed by atoms with Gasteiger partial charge in [0.15, 0.2) is 5.78 Å². The molecule has 0 aromatic heterocycles. The molecule has 104 valence electrons. The second-order valence-electron chi connectivity index (χ2n) is 5.78. The van der Waals surface area contributed by atoms with Crippen molar-refractivity contribution in [3.63, 3.8) is 0 Å². The van der Waals surface area contributed by atoms with Gasteiger partial charge in [0, 0.05) is 12.5 Å². The van der Waals surface area contributed by atoms with E-state index in [0.29, 0.717) is 19.5 Å². The fourth-order valence-electron chi connectivity index (χ4n) is 2.07. The first kappa shape index (κ1) is 15.0. The smallest absolute Gasteiger partial charge is 0.410 e. The lowest BCUT2D eigenvalue weighted by Crippen LogP contribution is -2.40. The molecule has 1 heterocycles. The van der Waals surface area contributed by atoms with Crippen molar-refractivity contribution in [2.75, 3.05) is 19.6 Å². The maximum Gasteiger partial charge on any atom is 0.410 e. The molecule has 0 aliphatic carbocycles. The van der Waals surface area contributed by atoms with Gasteiger partial charge in [-0.1, -0.05) is 0 Å². The molecule has 1 saturated heterocycles. The van der Waals surface area contributed by atoms with Crippen molar-refractivity contribution in [3.8, 4) is 0 Å². The lowest BCUT2D eigenvalue weighted by atomic mass is 9.96. The molecule has 0 radical (unpaired) electrons. The molecule has 1 atom stereocenters. The van der Waals surface area contributed by atoms with Crippen LogP contribution in [0.15, 0.2) is 0 Å². The summed E-state index contributed by atoms with van der Waals surface area (Å²) in [7, 11) is 0. The van der Waals surface area contributed by atoms with Crippen molar-refractivity contribution in [2.45, 2.75) is 45.6 Å². The van der Waals surface area contributed by atoms with Gasteiger partial charge in [-0.15, -0.1) is 0 Å². The predicted molar refractivity (Wildman–Crippen MR) is 69.2 cm³/mol. The van der Waals surface area contributed by atoms with Crippen molar-refractivity contribution in [1.29, 1.82) is 0 Å². The number of hydrogen-bond donors (Lipinski definition) is 1. The van der Waals surface area contributed by atoms with Gasteiger partial charge in [0.1, 0.15) is 5.60 Å². The molecule has 0 bridgehead atoms. The van der Waals surface area contributed by atoms with Crippen LogP contribution < -0.4 is 5.73 Å². The quantitative estimate of drug-likeness (QED) is 0.813. The third-order valence-electron chi connectivity index (χ3n) is 2.95. The monoisotopic (exact) mass is 256 g/mol. The molecule has 1 rings (SSSR count). The van der Waals surface area contributed by atoms with E-state index in [-0.39, 0.29) is 18.2 Å². The van der Waals surface area contributed by atoms with E-state index in [1.165, 1.54) is 4.90 Å². The Hall–Kier alpha value is -1.10. The van der Waals surface area contributed by atoms with E-state index in [4.69, 9.17) is 10.5 Å². The molecular weight excluding hydrogens is 232 g/mol. The maximum atomic E-state index is 12.0. The Morgan fingerprint density at radius 1 is 1.50 bits per heavy atom. The molecule has 1 aliphatic heterocycles. The average molecular weight is 256 g/mol. The zero-order valence-corrected chi connectivity index (χ0v) is 11.6. The Morgan fingerprint density at radius 2 is 2.17 bits per heavy atom. The average Bonchev–Trinajstić information content (AvgIpc) is 2.40. The van der Waals surface area contributed by atoms with Crippen molar-refractivity contribution in [2.24, 2.45) is 11.7 Å². The number of Topliss-reactive ketones (excluding diaryl/α,β-unsaturated/α-hetero) is 1. The summed E-state index contributed by atoms with van der Waals surface area (Å²) in [6.07, 6.45) is 1.95. The van der Waals surface area contributed by atoms with Gasteiger partial charge in [-0.05, 0) is 46.6 Å². The van der Waals surface area contributed by atoms with Gasteiger partial charge in [0.2, 0.25) is 0 Å². The van der Waals surface area contributed by atoms with Gasteiger partial charge >= 0.3 is 6.09 Å². The number of carbonyl (C=O) groups is 2. The molecular formula is C13H24N2O3. The van der Waals surface area contributed by atoms with Crippen LogP contribution in [0.1, 0.15) is 40.0 Å². The molecule has 1 fully saturated rings. The van der Waals surface area contributed by atoms with Crippen LogP contribution in [0.5, 0.6) is 0 Å². The van der Waals surface area contributed by atoms with E-state index in [1.807, 2.05) is 20.8 Å². The maximum absolute atomic E-state index is 12.0. The van der Waals surface area contributed by atoms with Gasteiger partial charge in [-0.3, -0.25) is 4.79 Å². The molecule has 1 aliphatic rings. The van der Waals surface area contributed by atoms with E-state index < -0.39 is 11.7 Å². The first-order valence-electron chi connectivity index (χ1n) is 6.54. The number of amides is 1. The zero-order chi connectivity index (χ0) is 13.8. The Balaban J connectivity index is 2.59. The SMILES string of the molecule is CC(C)(C)OC(=O)N1CCCC(CCN)C(=O)C1. The number of likely N-dealkylation sites (tertiary alicyclic amines) is 1. The standard InChI is InChI=1S/C13H24N2O3/c1-13(2,3)18-12(17)15-8-4-5-10(6-7-14)11(16)9-15/h10H,4-9,14H2,1-3H3. The summed E-state index contributed by atoms with van der Waals surface area (Å²) in [5, 5.41) is 0. The summed E-state index contributed by atoms with van der Waals surface area (Å²) in [4.78, 5) is 25.4. The van der Waals surface area contributed by atoms with Crippen molar-refractivity contribution < 1.29 is 14.3 Å². The zero-order valence-electron chi connectivity index (χ0n) is 11.6. The minimum atomic E-state index is -0.525. The second-order valence-corrected chi connectivity index (χ2v) is 5.78. The molecule has 0 aromatic carbocycles. The topological polar surface area (TPSA) is 72.6 Å². The van der Waals surface area contributed by atoms with Crippen LogP contribution in [0.25, 0.3) is 0 Å². The molecule has 5 heteroatoms. The highest BCUT2D eigenvalue weighted by molar-refractivity contribution is 5.86. The number of hydrogen-bond acceptors (Lipinski definition) is 4. The molecule has 0 saturated carbocycles. The van der Waals surface area contributed by atoms with Crippen LogP contribution in [-0.4, -0.2) is 42.0 Å².